The molecule has 146 valence electrons. The number of aromatic nitrogens is 5. The topological polar surface area (TPSA) is 71.2 Å². The number of fused-ring (bicyclic) bond motifs is 2. The van der Waals surface area contributed by atoms with Gasteiger partial charge in [-0.3, -0.25) is 0 Å². The fourth-order valence-corrected chi connectivity index (χ4v) is 3.87. The molecule has 3 aromatic heterocycles. The van der Waals surface area contributed by atoms with E-state index in [-0.39, 0.29) is 5.82 Å². The molecule has 1 aromatic carbocycles. The fraction of sp³-hybridized carbons (Fsp3) is 0.238. The highest BCUT2D eigenvalue weighted by Crippen LogP contribution is 2.33. The van der Waals surface area contributed by atoms with Gasteiger partial charge in [0.15, 0.2) is 5.82 Å². The number of hydrogen-bond donors (Lipinski definition) is 1. The zero-order valence-corrected chi connectivity index (χ0v) is 16.2. The monoisotopic (exact) mass is 389 g/mol. The molecule has 4 aromatic rings. The molecule has 0 saturated heterocycles. The molecule has 0 aliphatic carbocycles. The molecular weight excluding hydrogens is 369 g/mol. The first-order chi connectivity index (χ1) is 14.2. The van der Waals surface area contributed by atoms with E-state index < -0.39 is 0 Å². The average molecular weight is 389 g/mol. The molecule has 0 radical (unpaired) electrons. The molecule has 5 rings (SSSR count). The molecule has 0 fully saturated rings. The van der Waals surface area contributed by atoms with Gasteiger partial charge in [-0.05, 0) is 30.7 Å². The second kappa shape index (κ2) is 6.80. The van der Waals surface area contributed by atoms with Crippen molar-refractivity contribution in [1.29, 1.82) is 0 Å². The summed E-state index contributed by atoms with van der Waals surface area (Å²) in [6, 6.07) is 10.7. The largest absolute Gasteiger partial charge is 0.373 e. The van der Waals surface area contributed by atoms with E-state index in [2.05, 4.69) is 36.3 Å². The summed E-state index contributed by atoms with van der Waals surface area (Å²) in [5, 5.41) is 7.44. The summed E-state index contributed by atoms with van der Waals surface area (Å²) in [6.45, 7) is 3.31. The van der Waals surface area contributed by atoms with Crippen molar-refractivity contribution in [2.75, 3.05) is 23.8 Å². The Morgan fingerprint density at radius 1 is 1.10 bits per heavy atom. The first-order valence-corrected chi connectivity index (χ1v) is 9.52. The third-order valence-corrected chi connectivity index (χ3v) is 5.31. The number of benzene rings is 1. The van der Waals surface area contributed by atoms with Crippen LogP contribution in [0.3, 0.4) is 0 Å². The number of halogens is 1. The summed E-state index contributed by atoms with van der Waals surface area (Å²) in [4.78, 5) is 16.0. The molecular formula is C21H20FN7. The van der Waals surface area contributed by atoms with Gasteiger partial charge in [0.2, 0.25) is 0 Å². The van der Waals surface area contributed by atoms with Gasteiger partial charge in [-0.1, -0.05) is 18.2 Å². The highest BCUT2D eigenvalue weighted by atomic mass is 19.1. The lowest BCUT2D eigenvalue weighted by molar-refractivity contribution is 0.631. The number of aryl methyl sites for hydroxylation is 1. The highest BCUT2D eigenvalue weighted by Gasteiger charge is 2.25. The van der Waals surface area contributed by atoms with Crippen molar-refractivity contribution in [2.45, 2.75) is 19.9 Å². The lowest BCUT2D eigenvalue weighted by Crippen LogP contribution is -2.32. The minimum atomic E-state index is -0.310. The summed E-state index contributed by atoms with van der Waals surface area (Å²) < 4.78 is 16.3. The maximum absolute atomic E-state index is 14.5. The second-order valence-corrected chi connectivity index (χ2v) is 7.06. The molecule has 1 aliphatic rings. The van der Waals surface area contributed by atoms with Crippen molar-refractivity contribution >= 4 is 17.2 Å². The zero-order chi connectivity index (χ0) is 20.0. The molecule has 1 N–H and O–H groups in total. The predicted molar refractivity (Wildman–Crippen MR) is 109 cm³/mol. The third-order valence-electron chi connectivity index (χ3n) is 5.31. The van der Waals surface area contributed by atoms with Gasteiger partial charge in [-0.25, -0.2) is 23.9 Å². The van der Waals surface area contributed by atoms with Crippen molar-refractivity contribution in [2.24, 2.45) is 0 Å². The number of nitrogens with one attached hydrogen (secondary N) is 1. The second-order valence-electron chi connectivity index (χ2n) is 7.06. The standard InChI is InChI=1S/C21H20FN7/c1-13-26-19(15-5-3-4-6-16(15)22)20-21(24-12-25-29(13)20)28-10-9-17-14(11-28)7-8-18(23-2)27-17/h3-8,12H,9-11H2,1-2H3,(H,23,27). The zero-order valence-electron chi connectivity index (χ0n) is 16.2. The van der Waals surface area contributed by atoms with Crippen LogP contribution in [0.15, 0.2) is 42.7 Å². The Morgan fingerprint density at radius 2 is 1.97 bits per heavy atom. The van der Waals surface area contributed by atoms with Crippen molar-refractivity contribution in [3.8, 4) is 11.3 Å². The highest BCUT2D eigenvalue weighted by molar-refractivity contribution is 5.86. The Morgan fingerprint density at radius 3 is 2.79 bits per heavy atom. The molecule has 0 unspecified atom stereocenters. The summed E-state index contributed by atoms with van der Waals surface area (Å²) in [5.41, 5.74) is 3.99. The number of hydrogen-bond acceptors (Lipinski definition) is 6. The molecule has 1 aliphatic heterocycles. The van der Waals surface area contributed by atoms with E-state index in [9.17, 15) is 4.39 Å². The van der Waals surface area contributed by atoms with Gasteiger partial charge in [0.05, 0.1) is 0 Å². The molecule has 4 heterocycles. The Balaban J connectivity index is 1.63. The van der Waals surface area contributed by atoms with Gasteiger partial charge < -0.3 is 10.2 Å². The van der Waals surface area contributed by atoms with Crippen LogP contribution in [0.1, 0.15) is 17.1 Å². The predicted octanol–water partition coefficient (Wildman–Crippen LogP) is 3.24. The molecule has 0 spiro atoms. The van der Waals surface area contributed by atoms with Crippen LogP contribution in [0.5, 0.6) is 0 Å². The SMILES string of the molecule is CNc1ccc2c(n1)CCN(c1ncnn3c(C)nc(-c4ccccc4F)c13)C2. The summed E-state index contributed by atoms with van der Waals surface area (Å²) in [6.07, 6.45) is 2.34. The van der Waals surface area contributed by atoms with Crippen LogP contribution in [-0.2, 0) is 13.0 Å². The van der Waals surface area contributed by atoms with E-state index in [1.165, 1.54) is 12.4 Å². The number of nitrogens with zero attached hydrogens (tertiary/aromatic N) is 6. The smallest absolute Gasteiger partial charge is 0.159 e. The van der Waals surface area contributed by atoms with E-state index in [1.807, 2.05) is 26.1 Å². The van der Waals surface area contributed by atoms with Crippen LogP contribution < -0.4 is 10.2 Å². The van der Waals surface area contributed by atoms with E-state index in [1.54, 1.807) is 16.6 Å². The molecule has 0 bridgehead atoms. The fourth-order valence-electron chi connectivity index (χ4n) is 3.87. The first-order valence-electron chi connectivity index (χ1n) is 9.52. The number of anilines is 2. The third kappa shape index (κ3) is 2.88. The van der Waals surface area contributed by atoms with E-state index in [0.29, 0.717) is 23.6 Å². The quantitative estimate of drug-likeness (QED) is 0.580. The van der Waals surface area contributed by atoms with Gasteiger partial charge in [0, 0.05) is 37.8 Å². The molecule has 29 heavy (non-hydrogen) atoms. The lowest BCUT2D eigenvalue weighted by Gasteiger charge is -2.29. The molecule has 8 heteroatoms. The van der Waals surface area contributed by atoms with Crippen LogP contribution in [0, 0.1) is 12.7 Å². The van der Waals surface area contributed by atoms with E-state index in [0.717, 1.165) is 41.4 Å². The Kier molecular flexibility index (Phi) is 4.12. The minimum absolute atomic E-state index is 0.310. The maximum Gasteiger partial charge on any atom is 0.159 e. The summed E-state index contributed by atoms with van der Waals surface area (Å²) in [5.74, 6) is 2.01. The van der Waals surface area contributed by atoms with Gasteiger partial charge in [-0.15, -0.1) is 0 Å². The maximum atomic E-state index is 14.5. The van der Waals surface area contributed by atoms with Crippen LogP contribution in [0.25, 0.3) is 16.8 Å². The van der Waals surface area contributed by atoms with Gasteiger partial charge in [-0.2, -0.15) is 5.10 Å². The number of imidazole rings is 1. The van der Waals surface area contributed by atoms with Crippen molar-refractivity contribution < 1.29 is 4.39 Å². The average Bonchev–Trinajstić information content (AvgIpc) is 3.10. The van der Waals surface area contributed by atoms with Crippen LogP contribution >= 0.6 is 0 Å². The van der Waals surface area contributed by atoms with E-state index in [4.69, 9.17) is 0 Å². The van der Waals surface area contributed by atoms with Crippen molar-refractivity contribution in [1.82, 2.24) is 24.6 Å². The van der Waals surface area contributed by atoms with Gasteiger partial charge in [0.25, 0.3) is 0 Å². The summed E-state index contributed by atoms with van der Waals surface area (Å²) in [7, 11) is 1.87. The first kappa shape index (κ1) is 17.5. The lowest BCUT2D eigenvalue weighted by atomic mass is 10.0. The number of rotatable bonds is 3. The Bertz CT molecular complexity index is 1220. The van der Waals surface area contributed by atoms with Crippen LogP contribution in [0.4, 0.5) is 16.0 Å². The molecule has 0 atom stereocenters. The molecule has 0 saturated carbocycles. The van der Waals surface area contributed by atoms with Crippen LogP contribution in [-0.4, -0.2) is 38.2 Å². The normalized spacial score (nSPS) is 13.6. The van der Waals surface area contributed by atoms with Crippen molar-refractivity contribution in [3.63, 3.8) is 0 Å². The van der Waals surface area contributed by atoms with Gasteiger partial charge in [0.1, 0.15) is 35.0 Å². The molecule has 7 nitrogen and oxygen atoms in total. The van der Waals surface area contributed by atoms with Crippen molar-refractivity contribution in [3.05, 3.63) is 65.6 Å². The van der Waals surface area contributed by atoms with E-state index >= 15 is 0 Å². The van der Waals surface area contributed by atoms with Gasteiger partial charge >= 0.3 is 0 Å². The summed E-state index contributed by atoms with van der Waals surface area (Å²) >= 11 is 0. The Labute approximate surface area is 167 Å². The number of pyridine rings is 1. The Hall–Kier alpha value is -3.55. The van der Waals surface area contributed by atoms with Crippen LogP contribution in [0.2, 0.25) is 0 Å². The minimum Gasteiger partial charge on any atom is -0.373 e. The molecule has 0 amide bonds.